The first-order chi connectivity index (χ1) is 9.59. The van der Waals surface area contributed by atoms with Crippen molar-refractivity contribution in [1.29, 1.82) is 0 Å². The van der Waals surface area contributed by atoms with Crippen LogP contribution in [0.5, 0.6) is 0 Å². The van der Waals surface area contributed by atoms with Crippen LogP contribution in [0.2, 0.25) is 0 Å². The zero-order valence-electron chi connectivity index (χ0n) is 11.2. The van der Waals surface area contributed by atoms with E-state index in [9.17, 15) is 8.42 Å². The van der Waals surface area contributed by atoms with Crippen LogP contribution in [-0.4, -0.2) is 38.5 Å². The van der Waals surface area contributed by atoms with Crippen molar-refractivity contribution in [2.24, 2.45) is 5.92 Å². The Bertz CT molecular complexity index is 580. The van der Waals surface area contributed by atoms with Crippen LogP contribution in [0.25, 0.3) is 0 Å². The van der Waals surface area contributed by atoms with Crippen LogP contribution in [0.3, 0.4) is 0 Å². The topological polar surface area (TPSA) is 46.6 Å². The van der Waals surface area contributed by atoms with E-state index >= 15 is 0 Å². The Balaban J connectivity index is 1.87. The number of ether oxygens (including phenoxy) is 1. The van der Waals surface area contributed by atoms with Gasteiger partial charge in [-0.3, -0.25) is 0 Å². The minimum Gasteiger partial charge on any atom is -0.381 e. The van der Waals surface area contributed by atoms with Crippen LogP contribution in [-0.2, 0) is 14.8 Å². The van der Waals surface area contributed by atoms with Crippen molar-refractivity contribution >= 4 is 26.0 Å². The molecule has 6 heteroatoms. The molecule has 110 valence electrons. The van der Waals surface area contributed by atoms with Crippen molar-refractivity contribution < 1.29 is 13.2 Å². The Kier molecular flexibility index (Phi) is 4.17. The van der Waals surface area contributed by atoms with E-state index in [0.717, 1.165) is 25.9 Å². The molecule has 1 saturated carbocycles. The fourth-order valence-corrected chi connectivity index (χ4v) is 5.29. The van der Waals surface area contributed by atoms with Crippen molar-refractivity contribution in [1.82, 2.24) is 4.31 Å². The third kappa shape index (κ3) is 2.93. The summed E-state index contributed by atoms with van der Waals surface area (Å²) >= 11 is 3.35. The van der Waals surface area contributed by atoms with E-state index in [0.29, 0.717) is 28.4 Å². The van der Waals surface area contributed by atoms with Gasteiger partial charge in [0.25, 0.3) is 0 Å². The molecule has 0 N–H and O–H groups in total. The lowest BCUT2D eigenvalue weighted by Gasteiger charge is -2.25. The lowest BCUT2D eigenvalue weighted by molar-refractivity contribution is 0.180. The van der Waals surface area contributed by atoms with Gasteiger partial charge in [-0.05, 0) is 53.2 Å². The summed E-state index contributed by atoms with van der Waals surface area (Å²) in [5.74, 6) is 0.327. The summed E-state index contributed by atoms with van der Waals surface area (Å²) in [6.45, 7) is 2.00. The molecule has 1 aliphatic heterocycles. The number of hydrogen-bond acceptors (Lipinski definition) is 3. The molecule has 0 bridgehead atoms. The molecule has 1 aromatic carbocycles. The zero-order chi connectivity index (χ0) is 14.2. The number of sulfonamides is 1. The summed E-state index contributed by atoms with van der Waals surface area (Å²) in [6.07, 6.45) is 2.89. The Morgan fingerprint density at radius 1 is 1.25 bits per heavy atom. The third-order valence-corrected chi connectivity index (χ3v) is 6.77. The van der Waals surface area contributed by atoms with Gasteiger partial charge < -0.3 is 4.74 Å². The molecule has 4 nitrogen and oxygen atoms in total. The largest absolute Gasteiger partial charge is 0.381 e. The summed E-state index contributed by atoms with van der Waals surface area (Å²) in [5.41, 5.74) is 0. The molecule has 20 heavy (non-hydrogen) atoms. The van der Waals surface area contributed by atoms with Gasteiger partial charge in [0, 0.05) is 23.7 Å². The highest BCUT2D eigenvalue weighted by Gasteiger charge is 2.40. The zero-order valence-corrected chi connectivity index (χ0v) is 13.6. The Morgan fingerprint density at radius 3 is 2.60 bits per heavy atom. The monoisotopic (exact) mass is 359 g/mol. The average Bonchev–Trinajstić information content (AvgIpc) is 3.12. The molecule has 1 atom stereocenters. The lowest BCUT2D eigenvalue weighted by Crippen LogP contribution is -2.37. The first kappa shape index (κ1) is 14.5. The predicted octanol–water partition coefficient (Wildman–Crippen LogP) is 2.64. The first-order valence-corrected chi connectivity index (χ1v) is 9.16. The molecule has 2 fully saturated rings. The Hall–Kier alpha value is -0.430. The predicted molar refractivity (Wildman–Crippen MR) is 80.0 cm³/mol. The average molecular weight is 360 g/mol. The fourth-order valence-electron chi connectivity index (χ4n) is 2.57. The maximum Gasteiger partial charge on any atom is 0.244 e. The van der Waals surface area contributed by atoms with Crippen molar-refractivity contribution in [3.05, 3.63) is 28.7 Å². The summed E-state index contributed by atoms with van der Waals surface area (Å²) in [4.78, 5) is 0.366. The van der Waals surface area contributed by atoms with Crippen molar-refractivity contribution in [2.75, 3.05) is 19.8 Å². The highest BCUT2D eigenvalue weighted by molar-refractivity contribution is 9.10. The molecule has 1 heterocycles. The normalized spacial score (nSPS) is 23.4. The van der Waals surface area contributed by atoms with Gasteiger partial charge in [-0.1, -0.05) is 12.1 Å². The second-order valence-corrected chi connectivity index (χ2v) is 8.18. The van der Waals surface area contributed by atoms with E-state index in [1.165, 1.54) is 0 Å². The van der Waals surface area contributed by atoms with E-state index in [1.807, 2.05) is 6.07 Å². The molecular formula is C14H18BrNO3S. The van der Waals surface area contributed by atoms with Gasteiger partial charge in [0.05, 0.1) is 11.5 Å². The summed E-state index contributed by atoms with van der Waals surface area (Å²) in [6, 6.07) is 7.21. The quantitative estimate of drug-likeness (QED) is 0.811. The maximum absolute atomic E-state index is 12.9. The van der Waals surface area contributed by atoms with Crippen molar-refractivity contribution in [3.8, 4) is 0 Å². The van der Waals surface area contributed by atoms with Gasteiger partial charge in [-0.2, -0.15) is 4.31 Å². The molecular weight excluding hydrogens is 342 g/mol. The highest BCUT2D eigenvalue weighted by Crippen LogP contribution is 2.35. The Labute approximate surface area is 128 Å². The number of benzene rings is 1. The van der Waals surface area contributed by atoms with Gasteiger partial charge in [0.15, 0.2) is 0 Å². The van der Waals surface area contributed by atoms with Crippen LogP contribution in [0, 0.1) is 5.92 Å². The minimum atomic E-state index is -3.43. The van der Waals surface area contributed by atoms with E-state index < -0.39 is 10.0 Å². The van der Waals surface area contributed by atoms with Gasteiger partial charge in [0.1, 0.15) is 0 Å². The molecule has 0 aromatic heterocycles. The van der Waals surface area contributed by atoms with E-state index in [4.69, 9.17) is 4.74 Å². The molecule has 0 amide bonds. The fraction of sp³-hybridized carbons (Fsp3) is 0.571. The molecule has 0 unspecified atom stereocenters. The molecule has 0 spiro atoms. The number of halogens is 1. The van der Waals surface area contributed by atoms with Gasteiger partial charge in [-0.25, -0.2) is 8.42 Å². The first-order valence-electron chi connectivity index (χ1n) is 6.93. The summed E-state index contributed by atoms with van der Waals surface area (Å²) in [5, 5.41) is 0. The summed E-state index contributed by atoms with van der Waals surface area (Å²) in [7, 11) is -3.43. The van der Waals surface area contributed by atoms with Gasteiger partial charge >= 0.3 is 0 Å². The van der Waals surface area contributed by atoms with Crippen LogP contribution >= 0.6 is 15.9 Å². The number of nitrogens with zero attached hydrogens (tertiary/aromatic N) is 1. The van der Waals surface area contributed by atoms with Crippen LogP contribution in [0.15, 0.2) is 33.6 Å². The molecule has 2 aliphatic rings. The second-order valence-electron chi connectivity index (χ2n) is 5.47. The van der Waals surface area contributed by atoms with E-state index in [2.05, 4.69) is 15.9 Å². The van der Waals surface area contributed by atoms with Gasteiger partial charge in [0.2, 0.25) is 10.0 Å². The smallest absolute Gasteiger partial charge is 0.244 e. The Morgan fingerprint density at radius 2 is 2.00 bits per heavy atom. The number of rotatable bonds is 5. The molecule has 3 rings (SSSR count). The maximum atomic E-state index is 12.9. The van der Waals surface area contributed by atoms with Crippen molar-refractivity contribution in [3.63, 3.8) is 0 Å². The second kappa shape index (κ2) is 5.75. The van der Waals surface area contributed by atoms with Crippen molar-refractivity contribution in [2.45, 2.75) is 30.2 Å². The number of hydrogen-bond donors (Lipinski definition) is 0. The minimum absolute atomic E-state index is 0.174. The molecule has 1 saturated heterocycles. The standard InChI is InChI=1S/C14H18BrNO3S/c15-13-3-1-2-4-14(13)20(17,18)16(12-5-6-12)9-11-7-8-19-10-11/h1-4,11-12H,5-10H2/t11-/m1/s1. The van der Waals surface area contributed by atoms with E-state index in [1.54, 1.807) is 22.5 Å². The van der Waals surface area contributed by atoms with Gasteiger partial charge in [-0.15, -0.1) is 0 Å². The van der Waals surface area contributed by atoms with Crippen LogP contribution in [0.1, 0.15) is 19.3 Å². The summed E-state index contributed by atoms with van der Waals surface area (Å²) < 4.78 is 33.4. The molecule has 0 radical (unpaired) electrons. The third-order valence-electron chi connectivity index (χ3n) is 3.84. The molecule has 1 aromatic rings. The molecule has 1 aliphatic carbocycles. The van der Waals surface area contributed by atoms with Crippen LogP contribution in [0.4, 0.5) is 0 Å². The lowest BCUT2D eigenvalue weighted by atomic mass is 10.1. The SMILES string of the molecule is O=S(=O)(c1ccccc1Br)N(C[C@H]1CCOC1)C1CC1. The van der Waals surface area contributed by atoms with Crippen LogP contribution < -0.4 is 0 Å². The van der Waals surface area contributed by atoms with E-state index in [-0.39, 0.29) is 6.04 Å². The highest BCUT2D eigenvalue weighted by atomic mass is 79.9.